The van der Waals surface area contributed by atoms with Crippen LogP contribution in [-0.2, 0) is 4.79 Å². The molecule has 0 aromatic heterocycles. The van der Waals surface area contributed by atoms with Crippen LogP contribution in [0.15, 0.2) is 30.3 Å². The van der Waals surface area contributed by atoms with Crippen molar-refractivity contribution in [2.24, 2.45) is 0 Å². The molecule has 1 atom stereocenters. The first-order valence-corrected chi connectivity index (χ1v) is 5.49. The number of amides is 3. The van der Waals surface area contributed by atoms with Gasteiger partial charge in [-0.15, -0.1) is 0 Å². The first-order valence-electron chi connectivity index (χ1n) is 5.49. The number of urea groups is 1. The van der Waals surface area contributed by atoms with Crippen molar-refractivity contribution < 1.29 is 9.59 Å². The fourth-order valence-electron chi connectivity index (χ4n) is 1.48. The van der Waals surface area contributed by atoms with E-state index >= 15 is 0 Å². The van der Waals surface area contributed by atoms with Crippen LogP contribution in [0.1, 0.15) is 0 Å². The molecule has 6 heteroatoms. The number of nitriles is 1. The van der Waals surface area contributed by atoms with E-state index < -0.39 is 6.03 Å². The maximum atomic E-state index is 11.5. The first-order chi connectivity index (χ1) is 8.70. The molecule has 0 spiro atoms. The fourth-order valence-corrected chi connectivity index (χ4v) is 1.48. The normalized spacial score (nSPS) is 16.6. The third-order valence-corrected chi connectivity index (χ3v) is 2.51. The van der Waals surface area contributed by atoms with Crippen molar-refractivity contribution in [3.05, 3.63) is 30.3 Å². The molecule has 1 fully saturated rings. The van der Waals surface area contributed by atoms with E-state index in [-0.39, 0.29) is 18.5 Å². The Bertz CT molecular complexity index is 495. The minimum atomic E-state index is -0.440. The number of carbonyl (C=O) groups is 2. The minimum Gasteiger partial charge on any atom is -0.329 e. The van der Waals surface area contributed by atoms with Crippen molar-refractivity contribution in [3.8, 4) is 6.07 Å². The van der Waals surface area contributed by atoms with Gasteiger partial charge in [0.15, 0.2) is 0 Å². The van der Waals surface area contributed by atoms with Gasteiger partial charge in [0.25, 0.3) is 0 Å². The van der Waals surface area contributed by atoms with Crippen molar-refractivity contribution >= 4 is 17.6 Å². The largest absolute Gasteiger partial charge is 0.329 e. The van der Waals surface area contributed by atoms with Crippen LogP contribution >= 0.6 is 0 Å². The molecule has 6 nitrogen and oxygen atoms in total. The Morgan fingerprint density at radius 3 is 2.72 bits per heavy atom. The number of hydrogen-bond acceptors (Lipinski definition) is 3. The van der Waals surface area contributed by atoms with E-state index in [0.717, 1.165) is 0 Å². The highest BCUT2D eigenvalue weighted by molar-refractivity contribution is 5.92. The topological polar surface area (TPSA) is 85.0 Å². The maximum Gasteiger partial charge on any atom is 0.319 e. The molecule has 18 heavy (non-hydrogen) atoms. The van der Waals surface area contributed by atoms with E-state index in [1.165, 1.54) is 4.90 Å². The van der Waals surface area contributed by atoms with Crippen LogP contribution in [-0.4, -0.2) is 36.0 Å². The van der Waals surface area contributed by atoms with Crippen LogP contribution in [0.3, 0.4) is 0 Å². The zero-order valence-corrected chi connectivity index (χ0v) is 9.59. The van der Waals surface area contributed by atoms with Gasteiger partial charge in [-0.05, 0) is 12.1 Å². The van der Waals surface area contributed by atoms with Crippen molar-refractivity contribution in [1.82, 2.24) is 10.2 Å². The number of hydrogen-bond donors (Lipinski definition) is 2. The Morgan fingerprint density at radius 2 is 2.11 bits per heavy atom. The van der Waals surface area contributed by atoms with Crippen molar-refractivity contribution in [3.63, 3.8) is 0 Å². The Hall–Kier alpha value is -2.55. The fraction of sp³-hybridized carbons (Fsp3) is 0.250. The van der Waals surface area contributed by atoms with Crippen molar-refractivity contribution in [2.45, 2.75) is 6.04 Å². The summed E-state index contributed by atoms with van der Waals surface area (Å²) in [6.07, 6.45) is 0. The van der Waals surface area contributed by atoms with Crippen molar-refractivity contribution in [2.75, 3.05) is 18.4 Å². The molecule has 0 aliphatic carbocycles. The lowest BCUT2D eigenvalue weighted by atomic mass is 10.3. The van der Waals surface area contributed by atoms with Crippen LogP contribution in [0.5, 0.6) is 0 Å². The molecule has 1 aromatic rings. The summed E-state index contributed by atoms with van der Waals surface area (Å²) >= 11 is 0. The summed E-state index contributed by atoms with van der Waals surface area (Å²) in [4.78, 5) is 24.3. The predicted molar refractivity (Wildman–Crippen MR) is 64.6 cm³/mol. The van der Waals surface area contributed by atoms with Crippen LogP contribution in [0.4, 0.5) is 10.5 Å². The molecular weight excluding hydrogens is 232 g/mol. The molecule has 0 bridgehead atoms. The van der Waals surface area contributed by atoms with E-state index in [1.807, 2.05) is 12.1 Å². The molecular formula is C12H12N4O2. The summed E-state index contributed by atoms with van der Waals surface area (Å²) in [5.74, 6) is -0.246. The molecule has 0 saturated carbocycles. The summed E-state index contributed by atoms with van der Waals surface area (Å²) in [6, 6.07) is 10.1. The highest BCUT2D eigenvalue weighted by Crippen LogP contribution is 2.15. The van der Waals surface area contributed by atoms with Crippen LogP contribution in [0.2, 0.25) is 0 Å². The second kappa shape index (κ2) is 5.19. The quantitative estimate of drug-likeness (QED) is 0.761. The minimum absolute atomic E-state index is 0.100. The number of para-hydroxylation sites is 1. The van der Waals surface area contributed by atoms with Gasteiger partial charge in [-0.3, -0.25) is 4.79 Å². The molecule has 1 saturated heterocycles. The third-order valence-electron chi connectivity index (χ3n) is 2.51. The average Bonchev–Trinajstić information content (AvgIpc) is 3.16. The van der Waals surface area contributed by atoms with Gasteiger partial charge in [0.2, 0.25) is 5.91 Å². The molecule has 92 valence electrons. The lowest BCUT2D eigenvalue weighted by Gasteiger charge is -2.07. The highest BCUT2D eigenvalue weighted by Gasteiger charge is 2.38. The third kappa shape index (κ3) is 2.98. The van der Waals surface area contributed by atoms with Gasteiger partial charge < -0.3 is 15.5 Å². The van der Waals surface area contributed by atoms with Gasteiger partial charge in [0, 0.05) is 5.69 Å². The SMILES string of the molecule is N#CC1CN1C(=O)CNC(=O)Nc1ccccc1. The lowest BCUT2D eigenvalue weighted by molar-refractivity contribution is -0.124. The molecule has 1 aliphatic heterocycles. The van der Waals surface area contributed by atoms with Crippen LogP contribution in [0, 0.1) is 11.3 Å². The second-order valence-electron chi connectivity index (χ2n) is 3.86. The van der Waals surface area contributed by atoms with Gasteiger partial charge in [0.05, 0.1) is 19.2 Å². The molecule has 0 radical (unpaired) electrons. The molecule has 2 N–H and O–H groups in total. The van der Waals surface area contributed by atoms with Crippen molar-refractivity contribution in [1.29, 1.82) is 5.26 Å². The summed E-state index contributed by atoms with van der Waals surface area (Å²) in [5, 5.41) is 13.6. The van der Waals surface area contributed by atoms with Gasteiger partial charge in [-0.2, -0.15) is 5.26 Å². The first kappa shape index (κ1) is 11.9. The smallest absolute Gasteiger partial charge is 0.319 e. The Balaban J connectivity index is 1.73. The van der Waals surface area contributed by atoms with E-state index in [2.05, 4.69) is 10.6 Å². The van der Waals surface area contributed by atoms with Gasteiger partial charge in [-0.25, -0.2) is 4.79 Å². The van der Waals surface area contributed by atoms with Crippen LogP contribution < -0.4 is 10.6 Å². The molecule has 1 aromatic carbocycles. The monoisotopic (exact) mass is 244 g/mol. The van der Waals surface area contributed by atoms with E-state index in [4.69, 9.17) is 5.26 Å². The molecule has 1 unspecified atom stereocenters. The predicted octanol–water partition coefficient (Wildman–Crippen LogP) is 0.542. The summed E-state index contributed by atoms with van der Waals surface area (Å²) < 4.78 is 0. The summed E-state index contributed by atoms with van der Waals surface area (Å²) in [6.45, 7) is 0.355. The zero-order valence-electron chi connectivity index (χ0n) is 9.59. The molecule has 3 amide bonds. The number of benzene rings is 1. The van der Waals surface area contributed by atoms with Gasteiger partial charge in [0.1, 0.15) is 6.04 Å². The van der Waals surface area contributed by atoms with Gasteiger partial charge in [-0.1, -0.05) is 18.2 Å². The van der Waals surface area contributed by atoms with Gasteiger partial charge >= 0.3 is 6.03 Å². The Labute approximate surface area is 104 Å². The number of anilines is 1. The maximum absolute atomic E-state index is 11.5. The molecule has 2 rings (SSSR count). The van der Waals surface area contributed by atoms with Crippen LogP contribution in [0.25, 0.3) is 0 Å². The average molecular weight is 244 g/mol. The molecule has 1 aliphatic rings. The zero-order chi connectivity index (χ0) is 13.0. The van der Waals surface area contributed by atoms with E-state index in [1.54, 1.807) is 24.3 Å². The standard InChI is InChI=1S/C12H12N4O2/c13-6-10-8-16(10)11(17)7-14-12(18)15-9-4-2-1-3-5-9/h1-5,10H,7-8H2,(H2,14,15,18). The van der Waals surface area contributed by atoms with E-state index in [0.29, 0.717) is 12.2 Å². The number of carbonyl (C=O) groups excluding carboxylic acids is 2. The number of rotatable bonds is 3. The number of nitrogens with one attached hydrogen (secondary N) is 2. The van der Waals surface area contributed by atoms with E-state index in [9.17, 15) is 9.59 Å². The Kier molecular flexibility index (Phi) is 3.44. The summed E-state index contributed by atoms with van der Waals surface area (Å²) in [7, 11) is 0. The second-order valence-corrected chi connectivity index (χ2v) is 3.86. The summed E-state index contributed by atoms with van der Waals surface area (Å²) in [5.41, 5.74) is 0.657. The highest BCUT2D eigenvalue weighted by atomic mass is 16.2. The molecule has 1 heterocycles. The Morgan fingerprint density at radius 1 is 1.39 bits per heavy atom. The number of nitrogens with zero attached hydrogens (tertiary/aromatic N) is 2. The lowest BCUT2D eigenvalue weighted by Crippen LogP contribution is -2.36.